The number of benzene rings is 1. The van der Waals surface area contributed by atoms with Crippen LogP contribution in [0.5, 0.6) is 0 Å². The van der Waals surface area contributed by atoms with E-state index in [-0.39, 0.29) is 12.2 Å². The predicted octanol–water partition coefficient (Wildman–Crippen LogP) is 1.71. The van der Waals surface area contributed by atoms with Crippen molar-refractivity contribution in [2.24, 2.45) is 5.73 Å². The molecule has 21 heavy (non-hydrogen) atoms. The van der Waals surface area contributed by atoms with Gasteiger partial charge in [0.25, 0.3) is 0 Å². The summed E-state index contributed by atoms with van der Waals surface area (Å²) in [7, 11) is 0. The molecular weight excluding hydrogens is 274 g/mol. The molecule has 1 heterocycles. The van der Waals surface area contributed by atoms with Crippen molar-refractivity contribution < 1.29 is 19.4 Å². The van der Waals surface area contributed by atoms with Gasteiger partial charge in [0.2, 0.25) is 0 Å². The Balaban J connectivity index is 2.03. The van der Waals surface area contributed by atoms with Crippen LogP contribution in [0.4, 0.5) is 4.79 Å². The summed E-state index contributed by atoms with van der Waals surface area (Å²) in [6.07, 6.45) is 1.27. The topological polar surface area (TPSA) is 107 Å². The molecule has 0 saturated heterocycles. The maximum atomic E-state index is 11.3. The van der Waals surface area contributed by atoms with Crippen molar-refractivity contribution in [3.8, 4) is 0 Å². The van der Waals surface area contributed by atoms with Gasteiger partial charge in [-0.2, -0.15) is 0 Å². The van der Waals surface area contributed by atoms with Gasteiger partial charge in [0.15, 0.2) is 0 Å². The Hall–Kier alpha value is -2.57. The summed E-state index contributed by atoms with van der Waals surface area (Å²) in [4.78, 5) is 26.5. The van der Waals surface area contributed by atoms with E-state index in [0.717, 1.165) is 24.2 Å². The van der Waals surface area contributed by atoms with Gasteiger partial charge in [-0.05, 0) is 25.0 Å². The second-order valence-corrected chi connectivity index (χ2v) is 5.04. The zero-order chi connectivity index (χ0) is 15.0. The lowest BCUT2D eigenvalue weighted by Gasteiger charge is -2.08. The molecule has 0 spiro atoms. The predicted molar refractivity (Wildman–Crippen MR) is 74.2 cm³/mol. The zero-order valence-electron chi connectivity index (χ0n) is 11.3. The molecule has 1 aromatic carbocycles. The van der Waals surface area contributed by atoms with Crippen LogP contribution >= 0.6 is 0 Å². The van der Waals surface area contributed by atoms with Crippen LogP contribution in [0, 0.1) is 0 Å². The molecule has 1 aliphatic rings. The third-order valence-electron chi connectivity index (χ3n) is 3.54. The number of imidazole rings is 1. The number of aromatic nitrogens is 2. The average molecular weight is 289 g/mol. The highest BCUT2D eigenvalue weighted by Gasteiger charge is 2.30. The Labute approximate surface area is 120 Å². The lowest BCUT2D eigenvalue weighted by molar-refractivity contribution is 0.0698. The van der Waals surface area contributed by atoms with Crippen LogP contribution in [-0.2, 0) is 11.3 Å². The molecule has 0 radical (unpaired) electrons. The normalized spacial score (nSPS) is 14.3. The molecule has 0 bridgehead atoms. The van der Waals surface area contributed by atoms with Crippen molar-refractivity contribution in [2.75, 3.05) is 6.61 Å². The molecule has 1 amide bonds. The van der Waals surface area contributed by atoms with Crippen molar-refractivity contribution in [1.29, 1.82) is 0 Å². The number of amides is 1. The van der Waals surface area contributed by atoms with Crippen molar-refractivity contribution in [3.05, 3.63) is 29.6 Å². The molecule has 1 fully saturated rings. The molecule has 0 aliphatic heterocycles. The SMILES string of the molecule is NC(=O)OCCn1c(C2CC2)nc2c(C(=O)O)cccc21. The van der Waals surface area contributed by atoms with Crippen LogP contribution < -0.4 is 5.73 Å². The summed E-state index contributed by atoms with van der Waals surface area (Å²) in [6, 6.07) is 5.05. The average Bonchev–Trinajstić information content (AvgIpc) is 3.21. The summed E-state index contributed by atoms with van der Waals surface area (Å²) in [6.45, 7) is 0.548. The number of para-hydroxylation sites is 1. The Bertz CT molecular complexity index is 718. The molecule has 1 aliphatic carbocycles. The second-order valence-electron chi connectivity index (χ2n) is 5.04. The van der Waals surface area contributed by atoms with Gasteiger partial charge in [-0.15, -0.1) is 0 Å². The maximum Gasteiger partial charge on any atom is 0.404 e. The van der Waals surface area contributed by atoms with Crippen molar-refractivity contribution in [3.63, 3.8) is 0 Å². The molecule has 1 aromatic heterocycles. The molecule has 0 atom stereocenters. The van der Waals surface area contributed by atoms with E-state index in [1.807, 2.05) is 10.6 Å². The molecule has 3 rings (SSSR count). The second kappa shape index (κ2) is 5.08. The fourth-order valence-corrected chi connectivity index (χ4v) is 2.46. The molecule has 110 valence electrons. The minimum Gasteiger partial charge on any atom is -0.478 e. The van der Waals surface area contributed by atoms with E-state index >= 15 is 0 Å². The molecule has 2 aromatic rings. The van der Waals surface area contributed by atoms with Gasteiger partial charge >= 0.3 is 12.1 Å². The zero-order valence-corrected chi connectivity index (χ0v) is 11.3. The number of fused-ring (bicyclic) bond motifs is 1. The molecule has 0 unspecified atom stereocenters. The van der Waals surface area contributed by atoms with Gasteiger partial charge < -0.3 is 20.1 Å². The minimum absolute atomic E-state index is 0.137. The highest BCUT2D eigenvalue weighted by molar-refractivity contribution is 6.01. The smallest absolute Gasteiger partial charge is 0.404 e. The summed E-state index contributed by atoms with van der Waals surface area (Å²) in [5.41, 5.74) is 6.36. The fourth-order valence-electron chi connectivity index (χ4n) is 2.46. The van der Waals surface area contributed by atoms with Crippen LogP contribution in [0.1, 0.15) is 34.9 Å². The number of hydrogen-bond donors (Lipinski definition) is 2. The van der Waals surface area contributed by atoms with E-state index in [4.69, 9.17) is 10.5 Å². The Morgan fingerprint density at radius 3 is 2.81 bits per heavy atom. The molecule has 7 heteroatoms. The number of carbonyl (C=O) groups is 2. The highest BCUT2D eigenvalue weighted by Crippen LogP contribution is 2.41. The van der Waals surface area contributed by atoms with E-state index in [0.29, 0.717) is 18.0 Å². The Kier molecular flexibility index (Phi) is 3.25. The van der Waals surface area contributed by atoms with E-state index < -0.39 is 12.1 Å². The van der Waals surface area contributed by atoms with Gasteiger partial charge in [-0.25, -0.2) is 14.6 Å². The molecule has 1 saturated carbocycles. The first-order valence-electron chi connectivity index (χ1n) is 6.72. The number of carboxylic acid groups (broad SMARTS) is 1. The first kappa shape index (κ1) is 13.4. The van der Waals surface area contributed by atoms with Gasteiger partial charge in [-0.3, -0.25) is 0 Å². The number of primary amides is 1. The van der Waals surface area contributed by atoms with E-state index in [9.17, 15) is 14.7 Å². The third kappa shape index (κ3) is 2.54. The molecule has 7 nitrogen and oxygen atoms in total. The number of hydrogen-bond acceptors (Lipinski definition) is 4. The van der Waals surface area contributed by atoms with Crippen LogP contribution in [0.15, 0.2) is 18.2 Å². The quantitative estimate of drug-likeness (QED) is 0.871. The molecule has 3 N–H and O–H groups in total. The maximum absolute atomic E-state index is 11.3. The lowest BCUT2D eigenvalue weighted by Crippen LogP contribution is -2.17. The number of nitrogens with zero attached hydrogens (tertiary/aromatic N) is 2. The first-order chi connectivity index (χ1) is 10.1. The Morgan fingerprint density at radius 2 is 2.19 bits per heavy atom. The number of ether oxygens (including phenoxy) is 1. The monoisotopic (exact) mass is 289 g/mol. The summed E-state index contributed by atoms with van der Waals surface area (Å²) in [5.74, 6) is 0.209. The van der Waals surface area contributed by atoms with Crippen molar-refractivity contribution >= 4 is 23.1 Å². The largest absolute Gasteiger partial charge is 0.478 e. The first-order valence-corrected chi connectivity index (χ1v) is 6.72. The van der Waals surface area contributed by atoms with Gasteiger partial charge in [-0.1, -0.05) is 6.07 Å². The van der Waals surface area contributed by atoms with E-state index in [2.05, 4.69) is 4.98 Å². The lowest BCUT2D eigenvalue weighted by atomic mass is 10.2. The Morgan fingerprint density at radius 1 is 1.43 bits per heavy atom. The van der Waals surface area contributed by atoms with Gasteiger partial charge in [0.1, 0.15) is 17.9 Å². The number of carbonyl (C=O) groups excluding carboxylic acids is 1. The van der Waals surface area contributed by atoms with E-state index in [1.165, 1.54) is 0 Å². The number of rotatable bonds is 5. The van der Waals surface area contributed by atoms with Gasteiger partial charge in [0.05, 0.1) is 17.6 Å². The number of aromatic carboxylic acids is 1. The van der Waals surface area contributed by atoms with E-state index in [1.54, 1.807) is 12.1 Å². The third-order valence-corrected chi connectivity index (χ3v) is 3.54. The van der Waals surface area contributed by atoms with Crippen molar-refractivity contribution in [2.45, 2.75) is 25.3 Å². The van der Waals surface area contributed by atoms with Crippen LogP contribution in [0.25, 0.3) is 11.0 Å². The number of carboxylic acids is 1. The highest BCUT2D eigenvalue weighted by atomic mass is 16.5. The summed E-state index contributed by atoms with van der Waals surface area (Å²) in [5, 5.41) is 9.25. The van der Waals surface area contributed by atoms with Crippen LogP contribution in [-0.4, -0.2) is 33.3 Å². The van der Waals surface area contributed by atoms with Crippen molar-refractivity contribution in [1.82, 2.24) is 9.55 Å². The molecular formula is C14H15N3O4. The summed E-state index contributed by atoms with van der Waals surface area (Å²) < 4.78 is 6.69. The van der Waals surface area contributed by atoms with Crippen LogP contribution in [0.3, 0.4) is 0 Å². The van der Waals surface area contributed by atoms with Gasteiger partial charge in [0, 0.05) is 5.92 Å². The standard InChI is InChI=1S/C14H15N3O4/c15-14(20)21-7-6-17-10-3-1-2-9(13(18)19)11(10)16-12(17)8-4-5-8/h1-3,8H,4-7H2,(H2,15,20)(H,18,19). The van der Waals surface area contributed by atoms with Crippen LogP contribution in [0.2, 0.25) is 0 Å². The minimum atomic E-state index is -0.999. The fraction of sp³-hybridized carbons (Fsp3) is 0.357. The summed E-state index contributed by atoms with van der Waals surface area (Å²) >= 11 is 0. The number of nitrogens with two attached hydrogens (primary N) is 1.